The second kappa shape index (κ2) is 6.84. The second-order valence-electron chi connectivity index (χ2n) is 5.70. The van der Waals surface area contributed by atoms with Gasteiger partial charge in [0.25, 0.3) is 0 Å². The van der Waals surface area contributed by atoms with Crippen LogP contribution in [0.2, 0.25) is 0 Å². The third-order valence-corrected chi connectivity index (χ3v) is 4.77. The SMILES string of the molecule is C=Cc1ccc(Nc2nc(=O)n(Cc3ccc(C)c(C)c3)s2)cc1. The Kier molecular flexibility index (Phi) is 4.62. The van der Waals surface area contributed by atoms with Crippen LogP contribution in [-0.4, -0.2) is 8.94 Å². The van der Waals surface area contributed by atoms with Crippen molar-refractivity contribution >= 4 is 28.4 Å². The molecule has 0 unspecified atom stereocenters. The molecule has 1 N–H and O–H groups in total. The highest BCUT2D eigenvalue weighted by atomic mass is 32.1. The first-order valence-electron chi connectivity index (χ1n) is 7.69. The molecule has 1 aromatic heterocycles. The van der Waals surface area contributed by atoms with Crippen LogP contribution < -0.4 is 11.0 Å². The molecule has 4 nitrogen and oxygen atoms in total. The molecule has 0 bridgehead atoms. The summed E-state index contributed by atoms with van der Waals surface area (Å²) in [7, 11) is 0. The van der Waals surface area contributed by atoms with E-state index in [2.05, 4.69) is 48.9 Å². The quantitative estimate of drug-likeness (QED) is 0.752. The highest BCUT2D eigenvalue weighted by molar-refractivity contribution is 7.10. The Hall–Kier alpha value is -2.66. The minimum absolute atomic E-state index is 0.233. The zero-order valence-electron chi connectivity index (χ0n) is 13.7. The van der Waals surface area contributed by atoms with Gasteiger partial charge in [0.1, 0.15) is 0 Å². The molecule has 3 rings (SSSR count). The van der Waals surface area contributed by atoms with E-state index in [0.717, 1.165) is 16.8 Å². The number of aryl methyl sites for hydroxylation is 2. The first-order chi connectivity index (χ1) is 11.5. The van der Waals surface area contributed by atoms with Gasteiger partial charge in [-0.25, -0.2) is 8.75 Å². The Morgan fingerprint density at radius 1 is 1.17 bits per heavy atom. The lowest BCUT2D eigenvalue weighted by Crippen LogP contribution is -2.15. The highest BCUT2D eigenvalue weighted by Crippen LogP contribution is 2.19. The summed E-state index contributed by atoms with van der Waals surface area (Å²) in [5, 5.41) is 3.77. The summed E-state index contributed by atoms with van der Waals surface area (Å²) in [6.07, 6.45) is 1.79. The van der Waals surface area contributed by atoms with Crippen molar-refractivity contribution in [1.29, 1.82) is 0 Å². The number of hydrogen-bond acceptors (Lipinski definition) is 4. The van der Waals surface area contributed by atoms with E-state index in [1.54, 1.807) is 10.0 Å². The Morgan fingerprint density at radius 3 is 2.58 bits per heavy atom. The van der Waals surface area contributed by atoms with Crippen LogP contribution in [0, 0.1) is 13.8 Å². The normalized spacial score (nSPS) is 10.6. The lowest BCUT2D eigenvalue weighted by atomic mass is 10.1. The van der Waals surface area contributed by atoms with Crippen LogP contribution in [0.25, 0.3) is 6.08 Å². The van der Waals surface area contributed by atoms with Gasteiger partial charge in [0, 0.05) is 5.69 Å². The predicted octanol–water partition coefficient (Wildman–Crippen LogP) is 4.36. The lowest BCUT2D eigenvalue weighted by molar-refractivity contribution is 0.822. The molecule has 2 aromatic carbocycles. The Labute approximate surface area is 145 Å². The van der Waals surface area contributed by atoms with Gasteiger partial charge in [0.05, 0.1) is 6.54 Å². The fourth-order valence-corrected chi connectivity index (χ4v) is 3.17. The zero-order valence-corrected chi connectivity index (χ0v) is 14.6. The van der Waals surface area contributed by atoms with E-state index in [0.29, 0.717) is 11.7 Å². The van der Waals surface area contributed by atoms with E-state index in [1.165, 1.54) is 22.7 Å². The van der Waals surface area contributed by atoms with Gasteiger partial charge in [-0.15, -0.1) is 0 Å². The van der Waals surface area contributed by atoms with Crippen LogP contribution >= 0.6 is 11.5 Å². The second-order valence-corrected chi connectivity index (χ2v) is 6.71. The van der Waals surface area contributed by atoms with Gasteiger partial charge in [-0.2, -0.15) is 4.98 Å². The number of nitrogens with zero attached hydrogens (tertiary/aromatic N) is 2. The summed E-state index contributed by atoms with van der Waals surface area (Å²) in [5.41, 5.74) is 5.29. The molecule has 0 saturated heterocycles. The van der Waals surface area contributed by atoms with Crippen molar-refractivity contribution in [2.24, 2.45) is 0 Å². The Morgan fingerprint density at radius 2 is 1.92 bits per heavy atom. The summed E-state index contributed by atoms with van der Waals surface area (Å²) in [5.74, 6) is 0. The standard InChI is InChI=1S/C19H19N3OS/c1-4-15-7-9-17(10-8-15)20-18-21-19(23)22(24-18)12-16-6-5-13(2)14(3)11-16/h4-11H,1,12H2,2-3H3,(H,20,21,23). The minimum atomic E-state index is -0.233. The molecule has 0 aliphatic heterocycles. The largest absolute Gasteiger partial charge is 0.360 e. The van der Waals surface area contributed by atoms with Gasteiger partial charge in [0.2, 0.25) is 5.13 Å². The number of benzene rings is 2. The molecule has 0 fully saturated rings. The Bertz CT molecular complexity index is 923. The van der Waals surface area contributed by atoms with Gasteiger partial charge in [0.15, 0.2) is 0 Å². The summed E-state index contributed by atoms with van der Waals surface area (Å²) in [4.78, 5) is 16.2. The maximum atomic E-state index is 12.1. The molecule has 1 heterocycles. The van der Waals surface area contributed by atoms with Crippen LogP contribution in [0.4, 0.5) is 10.8 Å². The van der Waals surface area contributed by atoms with E-state index in [1.807, 2.05) is 24.3 Å². The van der Waals surface area contributed by atoms with E-state index in [4.69, 9.17) is 0 Å². The van der Waals surface area contributed by atoms with Crippen molar-refractivity contribution in [3.63, 3.8) is 0 Å². The number of hydrogen-bond donors (Lipinski definition) is 1. The monoisotopic (exact) mass is 337 g/mol. The number of anilines is 2. The van der Waals surface area contributed by atoms with E-state index < -0.39 is 0 Å². The number of nitrogens with one attached hydrogen (secondary N) is 1. The van der Waals surface area contributed by atoms with Gasteiger partial charge in [-0.1, -0.05) is 43.0 Å². The van der Waals surface area contributed by atoms with Crippen molar-refractivity contribution < 1.29 is 0 Å². The maximum Gasteiger partial charge on any atom is 0.360 e. The number of aromatic nitrogens is 2. The third-order valence-electron chi connectivity index (χ3n) is 3.90. The van der Waals surface area contributed by atoms with Crippen LogP contribution in [0.1, 0.15) is 22.3 Å². The van der Waals surface area contributed by atoms with Gasteiger partial charge >= 0.3 is 5.69 Å². The zero-order chi connectivity index (χ0) is 17.1. The molecule has 122 valence electrons. The van der Waals surface area contributed by atoms with Crippen molar-refractivity contribution in [3.8, 4) is 0 Å². The minimum Gasteiger partial charge on any atom is -0.330 e. The van der Waals surface area contributed by atoms with Gasteiger partial charge in [-0.05, 0) is 59.8 Å². The summed E-state index contributed by atoms with van der Waals surface area (Å²) in [6.45, 7) is 8.43. The molecule has 0 spiro atoms. The number of rotatable bonds is 5. The Balaban J connectivity index is 1.77. The summed E-state index contributed by atoms with van der Waals surface area (Å²) >= 11 is 1.33. The fourth-order valence-electron chi connectivity index (χ4n) is 2.35. The first kappa shape index (κ1) is 16.2. The molecule has 0 saturated carbocycles. The van der Waals surface area contributed by atoms with Crippen molar-refractivity contribution in [2.45, 2.75) is 20.4 Å². The summed E-state index contributed by atoms with van der Waals surface area (Å²) < 4.78 is 1.66. The molecule has 0 amide bonds. The van der Waals surface area contributed by atoms with Crippen LogP contribution in [-0.2, 0) is 6.54 Å². The smallest absolute Gasteiger partial charge is 0.330 e. The molecule has 24 heavy (non-hydrogen) atoms. The first-order valence-corrected chi connectivity index (χ1v) is 8.46. The van der Waals surface area contributed by atoms with E-state index in [9.17, 15) is 4.79 Å². The topological polar surface area (TPSA) is 46.9 Å². The van der Waals surface area contributed by atoms with Crippen molar-refractivity contribution in [3.05, 3.63) is 81.8 Å². The molecule has 3 aromatic rings. The maximum absolute atomic E-state index is 12.1. The molecule has 5 heteroatoms. The molecular weight excluding hydrogens is 318 g/mol. The predicted molar refractivity (Wildman–Crippen MR) is 101 cm³/mol. The molecule has 0 aliphatic rings. The molecular formula is C19H19N3OS. The van der Waals surface area contributed by atoms with Crippen molar-refractivity contribution in [1.82, 2.24) is 8.94 Å². The summed E-state index contributed by atoms with van der Waals surface area (Å²) in [6, 6.07) is 14.1. The van der Waals surface area contributed by atoms with Crippen LogP contribution in [0.3, 0.4) is 0 Å². The van der Waals surface area contributed by atoms with Gasteiger partial charge < -0.3 is 5.32 Å². The average molecular weight is 337 g/mol. The fraction of sp³-hybridized carbons (Fsp3) is 0.158. The molecule has 0 atom stereocenters. The van der Waals surface area contributed by atoms with Crippen LogP contribution in [0.5, 0.6) is 0 Å². The molecule has 0 radical (unpaired) electrons. The van der Waals surface area contributed by atoms with Gasteiger partial charge in [-0.3, -0.25) is 0 Å². The lowest BCUT2D eigenvalue weighted by Gasteiger charge is -2.05. The highest BCUT2D eigenvalue weighted by Gasteiger charge is 2.08. The molecule has 0 aliphatic carbocycles. The average Bonchev–Trinajstić information content (AvgIpc) is 2.91. The van der Waals surface area contributed by atoms with E-state index >= 15 is 0 Å². The van der Waals surface area contributed by atoms with Crippen molar-refractivity contribution in [2.75, 3.05) is 5.32 Å². The van der Waals surface area contributed by atoms with E-state index in [-0.39, 0.29) is 5.69 Å². The van der Waals surface area contributed by atoms with Crippen LogP contribution in [0.15, 0.2) is 53.8 Å². The third kappa shape index (κ3) is 3.63.